The largest absolute Gasteiger partial charge is 0.435 e. The van der Waals surface area contributed by atoms with E-state index in [2.05, 4.69) is 15.2 Å². The van der Waals surface area contributed by atoms with E-state index in [1.807, 2.05) is 30.3 Å². The highest BCUT2D eigenvalue weighted by atomic mass is 19.4. The second-order valence-electron chi connectivity index (χ2n) is 6.01. The summed E-state index contributed by atoms with van der Waals surface area (Å²) in [6.07, 6.45) is -1.85. The highest BCUT2D eigenvalue weighted by Crippen LogP contribution is 2.36. The Morgan fingerprint density at radius 2 is 1.84 bits per heavy atom. The lowest BCUT2D eigenvalue weighted by Gasteiger charge is -2.14. The van der Waals surface area contributed by atoms with Gasteiger partial charge < -0.3 is 4.52 Å². The highest BCUT2D eigenvalue weighted by Gasteiger charge is 2.39. The molecule has 8 heteroatoms. The molecule has 0 aliphatic heterocycles. The van der Waals surface area contributed by atoms with Crippen molar-refractivity contribution in [2.24, 2.45) is 0 Å². The number of aromatic nitrogens is 4. The molecular weight excluding hydrogens is 333 g/mol. The number of nitrogens with zero attached hydrogens (tertiary/aromatic N) is 4. The van der Waals surface area contributed by atoms with Crippen LogP contribution in [0.15, 0.2) is 34.9 Å². The maximum atomic E-state index is 13.2. The van der Waals surface area contributed by atoms with Gasteiger partial charge in [0.2, 0.25) is 11.7 Å². The predicted octanol–water partition coefficient (Wildman–Crippen LogP) is 3.88. The zero-order valence-electron chi connectivity index (χ0n) is 13.3. The van der Waals surface area contributed by atoms with Crippen LogP contribution in [0, 0.1) is 0 Å². The highest BCUT2D eigenvalue weighted by molar-refractivity contribution is 5.53. The Balaban J connectivity index is 1.65. The summed E-state index contributed by atoms with van der Waals surface area (Å²) in [5.74, 6) is 0.649. The summed E-state index contributed by atoms with van der Waals surface area (Å²) in [7, 11) is 0. The molecule has 25 heavy (non-hydrogen) atoms. The standard InChI is InChI=1S/C17H15F3N4O/c18-17(19,20)15-12-8-4-5-9-13(12)24(22-15)10-14-21-16(23-25-14)11-6-2-1-3-7-11/h1-3,6-7H,4-5,8-10H2. The van der Waals surface area contributed by atoms with E-state index >= 15 is 0 Å². The SMILES string of the molecule is FC(F)(F)c1nn(Cc2nc(-c3ccccc3)no2)c2c1CCCC2. The first-order chi connectivity index (χ1) is 12.0. The number of hydrogen-bond donors (Lipinski definition) is 0. The summed E-state index contributed by atoms with van der Waals surface area (Å²) in [6.45, 7) is 0.0399. The number of hydrogen-bond acceptors (Lipinski definition) is 4. The molecule has 130 valence electrons. The molecule has 0 radical (unpaired) electrons. The van der Waals surface area contributed by atoms with Gasteiger partial charge in [-0.2, -0.15) is 23.3 Å². The fourth-order valence-electron chi connectivity index (χ4n) is 3.18. The van der Waals surface area contributed by atoms with E-state index < -0.39 is 11.9 Å². The second-order valence-corrected chi connectivity index (χ2v) is 6.01. The van der Waals surface area contributed by atoms with Crippen LogP contribution in [-0.4, -0.2) is 19.9 Å². The van der Waals surface area contributed by atoms with Gasteiger partial charge >= 0.3 is 6.18 Å². The van der Waals surface area contributed by atoms with E-state index in [0.29, 0.717) is 29.9 Å². The van der Waals surface area contributed by atoms with Gasteiger partial charge in [-0.3, -0.25) is 4.68 Å². The maximum absolute atomic E-state index is 13.2. The molecule has 1 aliphatic carbocycles. The van der Waals surface area contributed by atoms with Crippen LogP contribution < -0.4 is 0 Å². The molecule has 2 aromatic heterocycles. The van der Waals surface area contributed by atoms with Crippen LogP contribution in [0.3, 0.4) is 0 Å². The second kappa shape index (κ2) is 6.02. The van der Waals surface area contributed by atoms with Crippen LogP contribution in [-0.2, 0) is 25.6 Å². The molecule has 1 aliphatic rings. The van der Waals surface area contributed by atoms with Crippen molar-refractivity contribution in [3.8, 4) is 11.4 Å². The number of rotatable bonds is 3. The summed E-state index contributed by atoms with van der Waals surface area (Å²) >= 11 is 0. The molecule has 0 unspecified atom stereocenters. The lowest BCUT2D eigenvalue weighted by Crippen LogP contribution is -2.11. The molecule has 3 aromatic rings. The van der Waals surface area contributed by atoms with Gasteiger partial charge in [-0.25, -0.2) is 0 Å². The van der Waals surface area contributed by atoms with Crippen molar-refractivity contribution in [1.82, 2.24) is 19.9 Å². The Labute approximate surface area is 141 Å². The lowest BCUT2D eigenvalue weighted by molar-refractivity contribution is -0.142. The summed E-state index contributed by atoms with van der Waals surface area (Å²) in [5.41, 5.74) is 0.931. The van der Waals surface area contributed by atoms with Crippen molar-refractivity contribution in [3.05, 3.63) is 53.2 Å². The molecule has 0 amide bonds. The van der Waals surface area contributed by atoms with E-state index in [-0.39, 0.29) is 12.4 Å². The van der Waals surface area contributed by atoms with Crippen molar-refractivity contribution >= 4 is 0 Å². The van der Waals surface area contributed by atoms with E-state index in [1.165, 1.54) is 4.68 Å². The minimum absolute atomic E-state index is 0.0399. The van der Waals surface area contributed by atoms with Crippen molar-refractivity contribution in [2.75, 3.05) is 0 Å². The number of fused-ring (bicyclic) bond motifs is 1. The molecule has 2 heterocycles. The number of benzene rings is 1. The summed E-state index contributed by atoms with van der Waals surface area (Å²) in [4.78, 5) is 4.28. The van der Waals surface area contributed by atoms with E-state index in [4.69, 9.17) is 4.52 Å². The van der Waals surface area contributed by atoms with Crippen LogP contribution in [0.25, 0.3) is 11.4 Å². The summed E-state index contributed by atoms with van der Waals surface area (Å²) in [5, 5.41) is 7.71. The zero-order valence-corrected chi connectivity index (χ0v) is 13.3. The minimum Gasteiger partial charge on any atom is -0.337 e. The van der Waals surface area contributed by atoms with Gasteiger partial charge in [-0.1, -0.05) is 35.5 Å². The van der Waals surface area contributed by atoms with Crippen LogP contribution in [0.2, 0.25) is 0 Å². The smallest absolute Gasteiger partial charge is 0.337 e. The van der Waals surface area contributed by atoms with E-state index in [1.54, 1.807) is 0 Å². The Kier molecular flexibility index (Phi) is 3.82. The average Bonchev–Trinajstić information content (AvgIpc) is 3.21. The molecule has 0 N–H and O–H groups in total. The quantitative estimate of drug-likeness (QED) is 0.721. The van der Waals surface area contributed by atoms with Gasteiger partial charge in [0, 0.05) is 16.8 Å². The maximum Gasteiger partial charge on any atom is 0.435 e. The first-order valence-electron chi connectivity index (χ1n) is 8.06. The molecule has 0 saturated heterocycles. The molecule has 0 atom stereocenters. The summed E-state index contributed by atoms with van der Waals surface area (Å²) in [6, 6.07) is 9.26. The molecule has 0 fully saturated rings. The Morgan fingerprint density at radius 1 is 1.08 bits per heavy atom. The topological polar surface area (TPSA) is 56.7 Å². The third-order valence-corrected chi connectivity index (χ3v) is 4.31. The van der Waals surface area contributed by atoms with Crippen LogP contribution in [0.4, 0.5) is 13.2 Å². The molecule has 4 rings (SSSR count). The van der Waals surface area contributed by atoms with Crippen molar-refractivity contribution in [3.63, 3.8) is 0 Å². The molecule has 0 bridgehead atoms. The molecular formula is C17H15F3N4O. The van der Waals surface area contributed by atoms with Gasteiger partial charge in [-0.05, 0) is 25.7 Å². The molecule has 0 spiro atoms. The normalized spacial score (nSPS) is 14.5. The summed E-state index contributed by atoms with van der Waals surface area (Å²) < 4.78 is 46.2. The van der Waals surface area contributed by atoms with Crippen molar-refractivity contribution in [1.29, 1.82) is 0 Å². The fraction of sp³-hybridized carbons (Fsp3) is 0.353. The minimum atomic E-state index is -4.45. The molecule has 5 nitrogen and oxygen atoms in total. The van der Waals surface area contributed by atoms with Gasteiger partial charge in [-0.15, -0.1) is 0 Å². The number of alkyl halides is 3. The molecule has 1 aromatic carbocycles. The van der Waals surface area contributed by atoms with Crippen LogP contribution in [0.5, 0.6) is 0 Å². The van der Waals surface area contributed by atoms with Crippen molar-refractivity contribution in [2.45, 2.75) is 38.4 Å². The van der Waals surface area contributed by atoms with Crippen molar-refractivity contribution < 1.29 is 17.7 Å². The monoisotopic (exact) mass is 348 g/mol. The first kappa shape index (κ1) is 15.9. The zero-order chi connectivity index (χ0) is 17.4. The lowest BCUT2D eigenvalue weighted by atomic mass is 9.95. The fourth-order valence-corrected chi connectivity index (χ4v) is 3.18. The Bertz CT molecular complexity index is 883. The van der Waals surface area contributed by atoms with Gasteiger partial charge in [0.1, 0.15) is 6.54 Å². The third-order valence-electron chi connectivity index (χ3n) is 4.31. The first-order valence-corrected chi connectivity index (χ1v) is 8.06. The van der Waals surface area contributed by atoms with E-state index in [0.717, 1.165) is 18.4 Å². The Hall–Kier alpha value is -2.64. The third kappa shape index (κ3) is 3.04. The van der Waals surface area contributed by atoms with Gasteiger partial charge in [0.05, 0.1) is 0 Å². The average molecular weight is 348 g/mol. The predicted molar refractivity (Wildman–Crippen MR) is 82.7 cm³/mol. The van der Waals surface area contributed by atoms with Crippen LogP contribution in [0.1, 0.15) is 35.7 Å². The Morgan fingerprint density at radius 3 is 2.60 bits per heavy atom. The molecule has 0 saturated carbocycles. The van der Waals surface area contributed by atoms with Gasteiger partial charge in [0.15, 0.2) is 5.69 Å². The number of halogens is 3. The van der Waals surface area contributed by atoms with E-state index in [9.17, 15) is 13.2 Å². The van der Waals surface area contributed by atoms with Crippen LogP contribution >= 0.6 is 0 Å². The van der Waals surface area contributed by atoms with Gasteiger partial charge in [0.25, 0.3) is 0 Å².